The van der Waals surface area contributed by atoms with Crippen LogP contribution in [0.1, 0.15) is 18.2 Å². The molecule has 1 heterocycles. The molecule has 0 saturated carbocycles. The zero-order valence-electron chi connectivity index (χ0n) is 16.0. The first-order chi connectivity index (χ1) is 13.6. The molecule has 2 aromatic carbocycles. The fourth-order valence-electron chi connectivity index (χ4n) is 2.84. The third kappa shape index (κ3) is 4.65. The number of aromatic nitrogens is 2. The molecule has 0 unspecified atom stereocenters. The number of ether oxygens (including phenoxy) is 1. The number of methoxy groups -OCH3 is 1. The lowest BCUT2D eigenvalue weighted by atomic mass is 10.2. The van der Waals surface area contributed by atoms with Crippen molar-refractivity contribution in [1.82, 2.24) is 14.9 Å². The highest BCUT2D eigenvalue weighted by molar-refractivity contribution is 5.76. The molecule has 0 aliphatic heterocycles. The maximum absolute atomic E-state index is 12.6. The summed E-state index contributed by atoms with van der Waals surface area (Å²) in [4.78, 5) is 29.7. The van der Waals surface area contributed by atoms with Gasteiger partial charge in [-0.25, -0.2) is 4.98 Å². The fraction of sp³-hybridized carbons (Fsp3) is 0.227. The molecule has 0 spiro atoms. The minimum atomic E-state index is -0.249. The molecular formula is C22H23N3O3. The van der Waals surface area contributed by atoms with Gasteiger partial charge in [0.2, 0.25) is 5.91 Å². The Labute approximate surface area is 163 Å². The van der Waals surface area contributed by atoms with Crippen molar-refractivity contribution in [2.24, 2.45) is 0 Å². The van der Waals surface area contributed by atoms with E-state index in [1.165, 1.54) is 10.6 Å². The van der Waals surface area contributed by atoms with Crippen LogP contribution in [0.25, 0.3) is 11.4 Å². The zero-order chi connectivity index (χ0) is 19.9. The third-order valence-corrected chi connectivity index (χ3v) is 4.41. The van der Waals surface area contributed by atoms with Gasteiger partial charge in [-0.1, -0.05) is 49.4 Å². The number of carbonyl (C=O) groups is 1. The molecule has 0 radical (unpaired) electrons. The molecule has 1 N–H and O–H groups in total. The van der Waals surface area contributed by atoms with E-state index in [1.807, 2.05) is 61.5 Å². The second-order valence-corrected chi connectivity index (χ2v) is 6.34. The van der Waals surface area contributed by atoms with Crippen LogP contribution in [0.3, 0.4) is 0 Å². The van der Waals surface area contributed by atoms with Crippen LogP contribution in [0.5, 0.6) is 5.75 Å². The van der Waals surface area contributed by atoms with Gasteiger partial charge in [0.15, 0.2) is 0 Å². The van der Waals surface area contributed by atoms with Crippen molar-refractivity contribution < 1.29 is 9.53 Å². The lowest BCUT2D eigenvalue weighted by Crippen LogP contribution is -2.33. The molecule has 1 amide bonds. The maximum Gasteiger partial charge on any atom is 0.254 e. The normalized spacial score (nSPS) is 10.5. The molecule has 0 aliphatic rings. The van der Waals surface area contributed by atoms with Gasteiger partial charge in [0.25, 0.3) is 5.56 Å². The standard InChI is InChI=1S/C22H23N3O3/c1-3-18-13-21(27)25(22(24-18)17-7-5-4-6-8-17)15-20(26)23-14-16-9-11-19(28-2)12-10-16/h4-13H,3,14-15H2,1-2H3,(H,23,26). The molecule has 0 atom stereocenters. The van der Waals surface area contributed by atoms with Crippen molar-refractivity contribution in [3.05, 3.63) is 82.3 Å². The molecule has 0 bridgehead atoms. The molecule has 144 valence electrons. The van der Waals surface area contributed by atoms with Gasteiger partial charge in [0, 0.05) is 23.9 Å². The van der Waals surface area contributed by atoms with Gasteiger partial charge >= 0.3 is 0 Å². The first-order valence-corrected chi connectivity index (χ1v) is 9.16. The summed E-state index contributed by atoms with van der Waals surface area (Å²) in [6, 6.07) is 18.4. The number of carbonyl (C=O) groups excluding carboxylic acids is 1. The first-order valence-electron chi connectivity index (χ1n) is 9.16. The van der Waals surface area contributed by atoms with Gasteiger partial charge in [-0.3, -0.25) is 14.2 Å². The van der Waals surface area contributed by atoms with Crippen LogP contribution in [-0.2, 0) is 24.3 Å². The Morgan fingerprint density at radius 3 is 2.46 bits per heavy atom. The van der Waals surface area contributed by atoms with E-state index in [1.54, 1.807) is 7.11 Å². The number of benzene rings is 2. The average Bonchev–Trinajstić information content (AvgIpc) is 2.74. The second-order valence-electron chi connectivity index (χ2n) is 6.34. The Morgan fingerprint density at radius 1 is 1.11 bits per heavy atom. The van der Waals surface area contributed by atoms with Crippen molar-refractivity contribution in [3.8, 4) is 17.1 Å². The van der Waals surface area contributed by atoms with Crippen molar-refractivity contribution >= 4 is 5.91 Å². The molecule has 1 aromatic heterocycles. The van der Waals surface area contributed by atoms with Gasteiger partial charge in [-0.2, -0.15) is 0 Å². The molecule has 6 nitrogen and oxygen atoms in total. The van der Waals surface area contributed by atoms with E-state index >= 15 is 0 Å². The second kappa shape index (κ2) is 8.99. The number of aryl methyl sites for hydroxylation is 1. The monoisotopic (exact) mass is 377 g/mol. The number of nitrogens with zero attached hydrogens (tertiary/aromatic N) is 2. The fourth-order valence-corrected chi connectivity index (χ4v) is 2.84. The van der Waals surface area contributed by atoms with Crippen LogP contribution in [0.15, 0.2) is 65.5 Å². The minimum absolute atomic E-state index is 0.0871. The Hall–Kier alpha value is -3.41. The van der Waals surface area contributed by atoms with Crippen LogP contribution < -0.4 is 15.6 Å². The predicted octanol–water partition coefficient (Wildman–Crippen LogP) is 2.80. The Morgan fingerprint density at radius 2 is 1.82 bits per heavy atom. The number of hydrogen-bond donors (Lipinski definition) is 1. The van der Waals surface area contributed by atoms with Gasteiger partial charge < -0.3 is 10.1 Å². The summed E-state index contributed by atoms with van der Waals surface area (Å²) >= 11 is 0. The SMILES string of the molecule is CCc1cc(=O)n(CC(=O)NCc2ccc(OC)cc2)c(-c2ccccc2)n1. The first kappa shape index (κ1) is 19.4. The van der Waals surface area contributed by atoms with Crippen molar-refractivity contribution in [2.75, 3.05) is 7.11 Å². The number of rotatable bonds is 7. The number of amides is 1. The van der Waals surface area contributed by atoms with Crippen LogP contribution in [0, 0.1) is 0 Å². The molecule has 0 saturated heterocycles. The largest absolute Gasteiger partial charge is 0.497 e. The molecular weight excluding hydrogens is 354 g/mol. The molecule has 28 heavy (non-hydrogen) atoms. The van der Waals surface area contributed by atoms with E-state index in [0.717, 1.165) is 16.9 Å². The van der Waals surface area contributed by atoms with Crippen LogP contribution in [0.4, 0.5) is 0 Å². The average molecular weight is 377 g/mol. The smallest absolute Gasteiger partial charge is 0.254 e. The summed E-state index contributed by atoms with van der Waals surface area (Å²) < 4.78 is 6.54. The highest BCUT2D eigenvalue weighted by Gasteiger charge is 2.13. The third-order valence-electron chi connectivity index (χ3n) is 4.41. The zero-order valence-corrected chi connectivity index (χ0v) is 16.0. The van der Waals surface area contributed by atoms with E-state index in [2.05, 4.69) is 10.3 Å². The van der Waals surface area contributed by atoms with E-state index < -0.39 is 0 Å². The van der Waals surface area contributed by atoms with Crippen LogP contribution >= 0.6 is 0 Å². The predicted molar refractivity (Wildman–Crippen MR) is 108 cm³/mol. The van der Waals surface area contributed by atoms with E-state index in [4.69, 9.17) is 4.74 Å². The Balaban J connectivity index is 1.78. The van der Waals surface area contributed by atoms with E-state index in [-0.39, 0.29) is 18.0 Å². The highest BCUT2D eigenvalue weighted by atomic mass is 16.5. The quantitative estimate of drug-likeness (QED) is 0.687. The van der Waals surface area contributed by atoms with Crippen LogP contribution in [0.2, 0.25) is 0 Å². The van der Waals surface area contributed by atoms with E-state index in [9.17, 15) is 9.59 Å². The van der Waals surface area contributed by atoms with Crippen LogP contribution in [-0.4, -0.2) is 22.6 Å². The summed E-state index contributed by atoms with van der Waals surface area (Å²) in [6.07, 6.45) is 0.652. The molecule has 6 heteroatoms. The highest BCUT2D eigenvalue weighted by Crippen LogP contribution is 2.16. The van der Waals surface area contributed by atoms with Gasteiger partial charge in [-0.05, 0) is 24.1 Å². The van der Waals surface area contributed by atoms with Crippen molar-refractivity contribution in [1.29, 1.82) is 0 Å². The molecule has 0 fully saturated rings. The Bertz CT molecular complexity index is 996. The lowest BCUT2D eigenvalue weighted by Gasteiger charge is -2.13. The van der Waals surface area contributed by atoms with Gasteiger partial charge in [0.05, 0.1) is 7.11 Å². The van der Waals surface area contributed by atoms with Crippen molar-refractivity contribution in [3.63, 3.8) is 0 Å². The summed E-state index contributed by atoms with van der Waals surface area (Å²) in [6.45, 7) is 2.23. The summed E-state index contributed by atoms with van der Waals surface area (Å²) in [5.41, 5.74) is 2.23. The minimum Gasteiger partial charge on any atom is -0.497 e. The molecule has 3 aromatic rings. The summed E-state index contributed by atoms with van der Waals surface area (Å²) in [5, 5.41) is 2.85. The number of nitrogens with one attached hydrogen (secondary N) is 1. The van der Waals surface area contributed by atoms with E-state index in [0.29, 0.717) is 24.5 Å². The lowest BCUT2D eigenvalue weighted by molar-refractivity contribution is -0.121. The van der Waals surface area contributed by atoms with Gasteiger partial charge in [-0.15, -0.1) is 0 Å². The van der Waals surface area contributed by atoms with Gasteiger partial charge in [0.1, 0.15) is 18.1 Å². The summed E-state index contributed by atoms with van der Waals surface area (Å²) in [5.74, 6) is 1.02. The summed E-state index contributed by atoms with van der Waals surface area (Å²) in [7, 11) is 1.61. The topological polar surface area (TPSA) is 73.2 Å². The Kier molecular flexibility index (Phi) is 6.22. The molecule has 3 rings (SSSR count). The van der Waals surface area contributed by atoms with Crippen molar-refractivity contribution in [2.45, 2.75) is 26.4 Å². The number of hydrogen-bond acceptors (Lipinski definition) is 4. The maximum atomic E-state index is 12.6. The molecule has 0 aliphatic carbocycles.